The van der Waals surface area contributed by atoms with E-state index in [2.05, 4.69) is 27.2 Å². The molecule has 150 valence electrons. The van der Waals surface area contributed by atoms with Gasteiger partial charge in [0.2, 0.25) is 0 Å². The Kier molecular flexibility index (Phi) is 4.94. The molecule has 1 aliphatic rings. The van der Waals surface area contributed by atoms with Crippen LogP contribution in [-0.2, 0) is 24.4 Å². The number of carbonyl (C=O) groups excluding carboxylic acids is 1. The molecule has 0 spiro atoms. The summed E-state index contributed by atoms with van der Waals surface area (Å²) >= 11 is 0. The second-order valence-corrected chi connectivity index (χ2v) is 7.37. The molecule has 7 heteroatoms. The lowest BCUT2D eigenvalue weighted by atomic mass is 10.0. The van der Waals surface area contributed by atoms with Crippen LogP contribution in [0, 0.1) is 0 Å². The highest BCUT2D eigenvalue weighted by atomic mass is 16.5. The van der Waals surface area contributed by atoms with Gasteiger partial charge in [0.05, 0.1) is 36.9 Å². The van der Waals surface area contributed by atoms with Crippen molar-refractivity contribution in [3.8, 4) is 0 Å². The molecule has 0 bridgehead atoms. The molecule has 2 aromatic heterocycles. The first-order valence-electron chi connectivity index (χ1n) is 9.91. The maximum absolute atomic E-state index is 13.8. The molecule has 1 atom stereocenters. The zero-order valence-electron chi connectivity index (χ0n) is 16.4. The second kappa shape index (κ2) is 8.04. The van der Waals surface area contributed by atoms with Gasteiger partial charge in [-0.1, -0.05) is 42.5 Å². The molecule has 4 aromatic rings. The van der Waals surface area contributed by atoms with Crippen molar-refractivity contribution in [3.63, 3.8) is 0 Å². The third kappa shape index (κ3) is 3.55. The summed E-state index contributed by atoms with van der Waals surface area (Å²) in [5, 5.41) is 5.17. The first kappa shape index (κ1) is 18.4. The Labute approximate surface area is 173 Å². The molecule has 1 unspecified atom stereocenters. The molecule has 0 N–H and O–H groups in total. The minimum Gasteiger partial charge on any atom is -0.375 e. The number of rotatable bonds is 3. The predicted molar refractivity (Wildman–Crippen MR) is 112 cm³/mol. The molecule has 0 fully saturated rings. The van der Waals surface area contributed by atoms with E-state index < -0.39 is 0 Å². The van der Waals surface area contributed by atoms with Crippen molar-refractivity contribution in [1.29, 1.82) is 0 Å². The lowest BCUT2D eigenvalue weighted by molar-refractivity contribution is 0.0244. The SMILES string of the molecule is O=C(c1cccc2cccnc12)N1Cc2ccccc2COCC1Cn1cncn1. The summed E-state index contributed by atoms with van der Waals surface area (Å²) in [5.41, 5.74) is 3.49. The summed E-state index contributed by atoms with van der Waals surface area (Å²) in [6, 6.07) is 17.5. The Morgan fingerprint density at radius 3 is 2.80 bits per heavy atom. The lowest BCUT2D eigenvalue weighted by Crippen LogP contribution is -2.46. The fourth-order valence-corrected chi connectivity index (χ4v) is 3.92. The number of hydrogen-bond donors (Lipinski definition) is 0. The standard InChI is InChI=1S/C23H21N5O2/c29-23(21-9-3-7-17-8-4-10-25-22(17)21)28-11-18-5-1-2-6-19(18)13-30-14-20(28)12-27-16-24-15-26-27/h1-10,15-16,20H,11-14H2. The first-order valence-corrected chi connectivity index (χ1v) is 9.91. The van der Waals surface area contributed by atoms with E-state index in [4.69, 9.17) is 4.74 Å². The molecule has 0 aliphatic carbocycles. The molecular formula is C23H21N5O2. The molecular weight excluding hydrogens is 378 g/mol. The molecule has 1 aliphatic heterocycles. The highest BCUT2D eigenvalue weighted by Gasteiger charge is 2.29. The van der Waals surface area contributed by atoms with Gasteiger partial charge < -0.3 is 9.64 Å². The van der Waals surface area contributed by atoms with Crippen molar-refractivity contribution in [2.24, 2.45) is 0 Å². The normalized spacial score (nSPS) is 16.7. The number of hydrogen-bond acceptors (Lipinski definition) is 5. The van der Waals surface area contributed by atoms with Crippen molar-refractivity contribution in [2.45, 2.75) is 25.7 Å². The van der Waals surface area contributed by atoms with Crippen LogP contribution in [0.15, 0.2) is 73.4 Å². The van der Waals surface area contributed by atoms with Gasteiger partial charge in [0.15, 0.2) is 0 Å². The lowest BCUT2D eigenvalue weighted by Gasteiger charge is -2.34. The van der Waals surface area contributed by atoms with Gasteiger partial charge >= 0.3 is 0 Å². The molecule has 5 rings (SSSR count). The van der Waals surface area contributed by atoms with Crippen molar-refractivity contribution in [2.75, 3.05) is 6.61 Å². The average molecular weight is 399 g/mol. The number of pyridine rings is 1. The van der Waals surface area contributed by atoms with E-state index in [1.54, 1.807) is 17.2 Å². The maximum Gasteiger partial charge on any atom is 0.256 e. The molecule has 3 heterocycles. The molecule has 1 amide bonds. The number of aromatic nitrogens is 4. The molecule has 0 saturated heterocycles. The van der Waals surface area contributed by atoms with E-state index in [1.165, 1.54) is 6.33 Å². The smallest absolute Gasteiger partial charge is 0.256 e. The van der Waals surface area contributed by atoms with E-state index in [0.717, 1.165) is 16.5 Å². The Morgan fingerprint density at radius 1 is 1.07 bits per heavy atom. The van der Waals surface area contributed by atoms with Crippen LogP contribution < -0.4 is 0 Å². The van der Waals surface area contributed by atoms with E-state index in [-0.39, 0.29) is 11.9 Å². The third-order valence-corrected chi connectivity index (χ3v) is 5.46. The minimum absolute atomic E-state index is 0.0651. The van der Waals surface area contributed by atoms with Gasteiger partial charge in [-0.25, -0.2) is 4.98 Å². The van der Waals surface area contributed by atoms with E-state index >= 15 is 0 Å². The fourth-order valence-electron chi connectivity index (χ4n) is 3.92. The number of carbonyl (C=O) groups is 1. The van der Waals surface area contributed by atoms with Crippen molar-refractivity contribution in [1.82, 2.24) is 24.6 Å². The molecule has 2 aromatic carbocycles. The van der Waals surface area contributed by atoms with Gasteiger partial charge in [0, 0.05) is 18.1 Å². The number of benzene rings is 2. The van der Waals surface area contributed by atoms with Crippen molar-refractivity contribution < 1.29 is 9.53 Å². The zero-order chi connectivity index (χ0) is 20.3. The van der Waals surface area contributed by atoms with Gasteiger partial charge in [-0.2, -0.15) is 5.10 Å². The van der Waals surface area contributed by atoms with E-state index in [1.807, 2.05) is 47.4 Å². The Morgan fingerprint density at radius 2 is 1.93 bits per heavy atom. The van der Waals surface area contributed by atoms with Crippen LogP contribution in [0.3, 0.4) is 0 Å². The van der Waals surface area contributed by atoms with Crippen LogP contribution >= 0.6 is 0 Å². The van der Waals surface area contributed by atoms with E-state index in [0.29, 0.717) is 37.4 Å². The average Bonchev–Trinajstić information content (AvgIpc) is 3.28. The van der Waals surface area contributed by atoms with Crippen LogP contribution in [0.4, 0.5) is 0 Å². The summed E-state index contributed by atoms with van der Waals surface area (Å²) < 4.78 is 7.73. The highest BCUT2D eigenvalue weighted by Crippen LogP contribution is 2.24. The third-order valence-electron chi connectivity index (χ3n) is 5.46. The Bertz CT molecular complexity index is 1170. The maximum atomic E-state index is 13.8. The Balaban J connectivity index is 1.57. The fraction of sp³-hybridized carbons (Fsp3) is 0.217. The summed E-state index contributed by atoms with van der Waals surface area (Å²) in [6.45, 7) is 1.95. The summed E-state index contributed by atoms with van der Waals surface area (Å²) in [7, 11) is 0. The molecule has 0 saturated carbocycles. The minimum atomic E-state index is -0.188. The summed E-state index contributed by atoms with van der Waals surface area (Å²) in [6.07, 6.45) is 4.88. The van der Waals surface area contributed by atoms with Gasteiger partial charge in [0.25, 0.3) is 5.91 Å². The molecule has 7 nitrogen and oxygen atoms in total. The number of ether oxygens (including phenoxy) is 1. The molecule has 30 heavy (non-hydrogen) atoms. The topological polar surface area (TPSA) is 73.1 Å². The largest absolute Gasteiger partial charge is 0.375 e. The van der Waals surface area contributed by atoms with Gasteiger partial charge in [-0.3, -0.25) is 14.5 Å². The number of nitrogens with zero attached hydrogens (tertiary/aromatic N) is 5. The highest BCUT2D eigenvalue weighted by molar-refractivity contribution is 6.05. The summed E-state index contributed by atoms with van der Waals surface area (Å²) in [5.74, 6) is -0.0651. The second-order valence-electron chi connectivity index (χ2n) is 7.37. The summed E-state index contributed by atoms with van der Waals surface area (Å²) in [4.78, 5) is 24.2. The van der Waals surface area contributed by atoms with E-state index in [9.17, 15) is 4.79 Å². The van der Waals surface area contributed by atoms with Gasteiger partial charge in [-0.15, -0.1) is 0 Å². The number of fused-ring (bicyclic) bond motifs is 2. The van der Waals surface area contributed by atoms with Gasteiger partial charge in [-0.05, 0) is 23.3 Å². The Hall–Kier alpha value is -3.58. The predicted octanol–water partition coefficient (Wildman–Crippen LogP) is 3.07. The zero-order valence-corrected chi connectivity index (χ0v) is 16.4. The monoisotopic (exact) mass is 399 g/mol. The molecule has 0 radical (unpaired) electrons. The van der Waals surface area contributed by atoms with Crippen LogP contribution in [0.2, 0.25) is 0 Å². The number of amides is 1. The number of para-hydroxylation sites is 1. The van der Waals surface area contributed by atoms with Crippen molar-refractivity contribution >= 4 is 16.8 Å². The quantitative estimate of drug-likeness (QED) is 0.529. The van der Waals surface area contributed by atoms with Crippen LogP contribution in [0.1, 0.15) is 21.5 Å². The van der Waals surface area contributed by atoms with Crippen LogP contribution in [0.25, 0.3) is 10.9 Å². The van der Waals surface area contributed by atoms with Crippen LogP contribution in [0.5, 0.6) is 0 Å². The van der Waals surface area contributed by atoms with Crippen molar-refractivity contribution in [3.05, 3.63) is 90.1 Å². The first-order chi connectivity index (χ1) is 14.8. The van der Waals surface area contributed by atoms with Gasteiger partial charge in [0.1, 0.15) is 12.7 Å². The van der Waals surface area contributed by atoms with Crippen LogP contribution in [-0.4, -0.2) is 43.2 Å².